The van der Waals surface area contributed by atoms with Crippen LogP contribution >= 0.6 is 0 Å². The lowest BCUT2D eigenvalue weighted by atomic mass is 10.4. The molecule has 0 bridgehead atoms. The van der Waals surface area contributed by atoms with E-state index in [0.717, 1.165) is 28.2 Å². The van der Waals surface area contributed by atoms with E-state index in [1.54, 1.807) is 15.6 Å². The van der Waals surface area contributed by atoms with Crippen molar-refractivity contribution in [1.29, 1.82) is 0 Å². The molecule has 1 amide bonds. The van der Waals surface area contributed by atoms with Crippen LogP contribution in [0.3, 0.4) is 0 Å². The van der Waals surface area contributed by atoms with Gasteiger partial charge in [0.05, 0.1) is 18.4 Å². The van der Waals surface area contributed by atoms with Crippen molar-refractivity contribution < 1.29 is 9.21 Å². The highest BCUT2D eigenvalue weighted by Gasteiger charge is 2.13. The summed E-state index contributed by atoms with van der Waals surface area (Å²) < 4.78 is 8.84. The largest absolute Gasteiger partial charge is 0.465 e. The smallest absolute Gasteiger partial charge is 0.242 e. The van der Waals surface area contributed by atoms with Gasteiger partial charge in [-0.1, -0.05) is 0 Å². The summed E-state index contributed by atoms with van der Waals surface area (Å²) in [6.07, 6.45) is 1.72. The van der Waals surface area contributed by atoms with Gasteiger partial charge in [0.15, 0.2) is 0 Å². The molecule has 0 aliphatic heterocycles. The quantitative estimate of drug-likeness (QED) is 0.784. The first-order valence-electron chi connectivity index (χ1n) is 6.71. The average Bonchev–Trinajstić information content (AvgIpc) is 3.08. The lowest BCUT2D eigenvalue weighted by Crippen LogP contribution is -2.27. The molecule has 3 rings (SSSR count). The van der Waals surface area contributed by atoms with Gasteiger partial charge in [0.25, 0.3) is 0 Å². The van der Waals surface area contributed by atoms with E-state index in [1.807, 2.05) is 33.0 Å². The highest BCUT2D eigenvalue weighted by molar-refractivity contribution is 5.81. The summed E-state index contributed by atoms with van der Waals surface area (Å²) in [6.45, 7) is 4.32. The normalized spacial score (nSPS) is 11.2. The summed E-state index contributed by atoms with van der Waals surface area (Å²) in [4.78, 5) is 12.0. The van der Waals surface area contributed by atoms with Crippen molar-refractivity contribution in [3.05, 3.63) is 35.5 Å². The molecule has 21 heavy (non-hydrogen) atoms. The van der Waals surface area contributed by atoms with Crippen molar-refractivity contribution in [1.82, 2.24) is 24.9 Å². The first-order chi connectivity index (χ1) is 10.0. The van der Waals surface area contributed by atoms with Crippen molar-refractivity contribution in [2.24, 2.45) is 7.05 Å². The van der Waals surface area contributed by atoms with Crippen LogP contribution in [-0.4, -0.2) is 25.5 Å². The monoisotopic (exact) mass is 287 g/mol. The number of fused-ring (bicyclic) bond motifs is 1. The summed E-state index contributed by atoms with van der Waals surface area (Å²) in [5, 5.41) is 11.4. The Morgan fingerprint density at radius 3 is 2.90 bits per heavy atom. The second-order valence-corrected chi connectivity index (χ2v) is 5.03. The molecule has 0 saturated carbocycles. The molecule has 3 aromatic rings. The molecule has 110 valence electrons. The van der Waals surface area contributed by atoms with Crippen LogP contribution in [-0.2, 0) is 24.9 Å². The molecule has 0 aliphatic carbocycles. The predicted octanol–water partition coefficient (Wildman–Crippen LogP) is 1.30. The van der Waals surface area contributed by atoms with Crippen LogP contribution in [0.5, 0.6) is 0 Å². The minimum atomic E-state index is -0.114. The zero-order chi connectivity index (χ0) is 15.0. The van der Waals surface area contributed by atoms with Gasteiger partial charge < -0.3 is 9.73 Å². The van der Waals surface area contributed by atoms with E-state index < -0.39 is 0 Å². The minimum absolute atomic E-state index is 0.114. The molecule has 0 aliphatic rings. The van der Waals surface area contributed by atoms with Gasteiger partial charge in [-0.05, 0) is 26.0 Å². The highest BCUT2D eigenvalue weighted by atomic mass is 16.3. The lowest BCUT2D eigenvalue weighted by Gasteiger charge is -2.04. The maximum Gasteiger partial charge on any atom is 0.242 e. The molecular weight excluding hydrogens is 270 g/mol. The summed E-state index contributed by atoms with van der Waals surface area (Å²) in [6, 6.07) is 3.73. The van der Waals surface area contributed by atoms with Crippen molar-refractivity contribution >= 4 is 16.9 Å². The second kappa shape index (κ2) is 5.08. The number of nitrogens with one attached hydrogen (secondary N) is 1. The molecule has 0 spiro atoms. The number of furan rings is 1. The van der Waals surface area contributed by atoms with Crippen LogP contribution in [0.4, 0.5) is 0 Å². The molecule has 7 nitrogen and oxygen atoms in total. The Hall–Kier alpha value is -2.57. The Morgan fingerprint density at radius 2 is 2.19 bits per heavy atom. The van der Waals surface area contributed by atoms with Crippen LogP contribution in [0.15, 0.2) is 22.7 Å². The van der Waals surface area contributed by atoms with Crippen LogP contribution < -0.4 is 5.32 Å². The van der Waals surface area contributed by atoms with Gasteiger partial charge in [-0.15, -0.1) is 0 Å². The van der Waals surface area contributed by atoms with Crippen LogP contribution in [0.1, 0.15) is 17.2 Å². The van der Waals surface area contributed by atoms with Crippen LogP contribution in [0.2, 0.25) is 0 Å². The predicted molar refractivity (Wildman–Crippen MR) is 76.5 cm³/mol. The van der Waals surface area contributed by atoms with Gasteiger partial charge >= 0.3 is 0 Å². The minimum Gasteiger partial charge on any atom is -0.465 e. The number of amides is 1. The third kappa shape index (κ3) is 2.54. The maximum atomic E-state index is 12.0. The molecule has 0 saturated heterocycles. The van der Waals surface area contributed by atoms with Gasteiger partial charge in [0, 0.05) is 7.05 Å². The maximum absolute atomic E-state index is 12.0. The van der Waals surface area contributed by atoms with E-state index in [9.17, 15) is 4.79 Å². The molecular formula is C14H17N5O2. The lowest BCUT2D eigenvalue weighted by molar-refractivity contribution is -0.122. The van der Waals surface area contributed by atoms with Gasteiger partial charge in [-0.25, -0.2) is 0 Å². The summed E-state index contributed by atoms with van der Waals surface area (Å²) in [7, 11) is 1.86. The standard InChI is InChI=1S/C14H17N5O2/c1-9-4-5-11(21-9)6-15-13(20)8-19-14-10(2)17-18(3)12(14)7-16-19/h4-5,7H,6,8H2,1-3H3,(H,15,20). The Balaban J connectivity index is 1.69. The molecule has 1 N–H and O–H groups in total. The second-order valence-electron chi connectivity index (χ2n) is 5.03. The van der Waals surface area contributed by atoms with Crippen LogP contribution in [0.25, 0.3) is 11.0 Å². The van der Waals surface area contributed by atoms with E-state index in [1.165, 1.54) is 0 Å². The average molecular weight is 287 g/mol. The molecule has 0 fully saturated rings. The molecule has 0 atom stereocenters. The Morgan fingerprint density at radius 1 is 1.38 bits per heavy atom. The van der Waals surface area contributed by atoms with Gasteiger partial charge in [-0.2, -0.15) is 10.2 Å². The molecule has 0 unspecified atom stereocenters. The number of carbonyl (C=O) groups excluding carboxylic acids is 1. The van der Waals surface area contributed by atoms with E-state index in [0.29, 0.717) is 6.54 Å². The Labute approximate surface area is 121 Å². The molecule has 0 radical (unpaired) electrons. The molecule has 3 heterocycles. The fourth-order valence-corrected chi connectivity index (χ4v) is 2.39. The number of hydrogen-bond donors (Lipinski definition) is 1. The van der Waals surface area contributed by atoms with Crippen molar-refractivity contribution in [2.45, 2.75) is 26.9 Å². The fraction of sp³-hybridized carbons (Fsp3) is 0.357. The zero-order valence-electron chi connectivity index (χ0n) is 12.3. The topological polar surface area (TPSA) is 77.9 Å². The van der Waals surface area contributed by atoms with Gasteiger partial charge in [-0.3, -0.25) is 14.2 Å². The fourth-order valence-electron chi connectivity index (χ4n) is 2.39. The highest BCUT2D eigenvalue weighted by Crippen LogP contribution is 2.16. The molecule has 0 aromatic carbocycles. The number of nitrogens with zero attached hydrogens (tertiary/aromatic N) is 4. The van der Waals surface area contributed by atoms with Gasteiger partial charge in [0.1, 0.15) is 29.1 Å². The number of rotatable bonds is 4. The molecule has 7 heteroatoms. The zero-order valence-corrected chi connectivity index (χ0v) is 12.3. The third-order valence-corrected chi connectivity index (χ3v) is 3.36. The van der Waals surface area contributed by atoms with E-state index >= 15 is 0 Å². The summed E-state index contributed by atoms with van der Waals surface area (Å²) in [5.41, 5.74) is 2.67. The third-order valence-electron chi connectivity index (χ3n) is 3.36. The van der Waals surface area contributed by atoms with E-state index in [4.69, 9.17) is 4.42 Å². The first-order valence-corrected chi connectivity index (χ1v) is 6.71. The van der Waals surface area contributed by atoms with Crippen molar-refractivity contribution in [3.8, 4) is 0 Å². The summed E-state index contributed by atoms with van der Waals surface area (Å²) in [5.74, 6) is 1.46. The van der Waals surface area contributed by atoms with E-state index in [-0.39, 0.29) is 12.5 Å². The van der Waals surface area contributed by atoms with Crippen LogP contribution in [0, 0.1) is 13.8 Å². The Kier molecular flexibility index (Phi) is 3.25. The first kappa shape index (κ1) is 13.4. The number of carbonyl (C=O) groups is 1. The van der Waals surface area contributed by atoms with Crippen molar-refractivity contribution in [2.75, 3.05) is 0 Å². The number of hydrogen-bond acceptors (Lipinski definition) is 4. The number of aryl methyl sites for hydroxylation is 3. The van der Waals surface area contributed by atoms with Gasteiger partial charge in [0.2, 0.25) is 5.91 Å². The van der Waals surface area contributed by atoms with E-state index in [2.05, 4.69) is 15.5 Å². The number of aromatic nitrogens is 4. The Bertz CT molecular complexity index is 796. The van der Waals surface area contributed by atoms with Crippen molar-refractivity contribution in [3.63, 3.8) is 0 Å². The summed E-state index contributed by atoms with van der Waals surface area (Å²) >= 11 is 0. The molecule has 3 aromatic heterocycles. The SMILES string of the molecule is Cc1ccc(CNC(=O)Cn2ncc3c2c(C)nn3C)o1.